The number of alkyl halides is 3. The van der Waals surface area contributed by atoms with Gasteiger partial charge in [0.1, 0.15) is 11.3 Å². The molecular formula is C36H24F3N5O5. The predicted molar refractivity (Wildman–Crippen MR) is 178 cm³/mol. The Hall–Kier alpha value is -6.50. The van der Waals surface area contributed by atoms with Crippen molar-refractivity contribution < 1.29 is 27.2 Å². The molecule has 3 aromatic heterocycles. The second kappa shape index (κ2) is 11.9. The van der Waals surface area contributed by atoms with Crippen LogP contribution in [0.4, 0.5) is 18.9 Å². The number of rotatable bonds is 7. The highest BCUT2D eigenvalue weighted by molar-refractivity contribution is 5.85. The number of halogens is 3. The number of hydrogen-bond donors (Lipinski definition) is 0. The molecule has 0 atom stereocenters. The lowest BCUT2D eigenvalue weighted by Gasteiger charge is -2.12. The lowest BCUT2D eigenvalue weighted by atomic mass is 10.2. The molecule has 0 amide bonds. The lowest BCUT2D eigenvalue weighted by Crippen LogP contribution is -2.20. The van der Waals surface area contributed by atoms with E-state index in [9.17, 15) is 28.1 Å². The quantitative estimate of drug-likeness (QED) is 0.0956. The van der Waals surface area contributed by atoms with Crippen LogP contribution < -0.4 is 10.3 Å². The molecule has 49 heavy (non-hydrogen) atoms. The molecule has 0 aliphatic rings. The van der Waals surface area contributed by atoms with E-state index in [1.165, 1.54) is 4.68 Å². The monoisotopic (exact) mass is 663 g/mol. The number of nitro groups is 1. The first-order valence-corrected chi connectivity index (χ1v) is 14.9. The van der Waals surface area contributed by atoms with Crippen LogP contribution in [0.25, 0.3) is 39.1 Å². The molecule has 0 fully saturated rings. The predicted octanol–water partition coefficient (Wildman–Crippen LogP) is 8.82. The summed E-state index contributed by atoms with van der Waals surface area (Å²) < 4.78 is 54.1. The van der Waals surface area contributed by atoms with Crippen molar-refractivity contribution in [3.05, 3.63) is 146 Å². The van der Waals surface area contributed by atoms with E-state index in [0.29, 0.717) is 33.9 Å². The summed E-state index contributed by atoms with van der Waals surface area (Å²) in [4.78, 5) is 29.0. The zero-order valence-electron chi connectivity index (χ0n) is 25.8. The van der Waals surface area contributed by atoms with Crippen molar-refractivity contribution in [2.75, 3.05) is 0 Å². The minimum Gasteiger partial charge on any atom is -0.453 e. The third-order valence-corrected chi connectivity index (χ3v) is 7.99. The van der Waals surface area contributed by atoms with Crippen LogP contribution in [-0.4, -0.2) is 25.4 Å². The Kier molecular flexibility index (Phi) is 7.58. The average molecular weight is 664 g/mol. The number of benzene rings is 4. The first kappa shape index (κ1) is 31.1. The number of nitrogens with zero attached hydrogens (tertiary/aromatic N) is 5. The number of nitro benzene ring substituents is 1. The van der Waals surface area contributed by atoms with E-state index in [2.05, 4.69) is 5.10 Å². The molecule has 0 aliphatic carbocycles. The summed E-state index contributed by atoms with van der Waals surface area (Å²) in [6.45, 7) is 3.77. The Morgan fingerprint density at radius 2 is 1.67 bits per heavy atom. The zero-order valence-corrected chi connectivity index (χ0v) is 25.8. The van der Waals surface area contributed by atoms with Gasteiger partial charge in [0, 0.05) is 34.1 Å². The molecule has 0 unspecified atom stereocenters. The second-order valence-corrected chi connectivity index (χ2v) is 11.2. The Bertz CT molecular complexity index is 2460. The first-order chi connectivity index (χ1) is 23.5. The third kappa shape index (κ3) is 5.82. The van der Waals surface area contributed by atoms with E-state index in [4.69, 9.17) is 14.1 Å². The topological polar surface area (TPSA) is 118 Å². The van der Waals surface area contributed by atoms with Gasteiger partial charge in [-0.05, 0) is 80.6 Å². The first-order valence-electron chi connectivity index (χ1n) is 14.9. The summed E-state index contributed by atoms with van der Waals surface area (Å²) in [6, 6.07) is 26.8. The molecule has 3 heterocycles. The fourth-order valence-electron chi connectivity index (χ4n) is 5.63. The van der Waals surface area contributed by atoms with Crippen molar-refractivity contribution in [3.8, 4) is 28.8 Å². The van der Waals surface area contributed by atoms with Crippen LogP contribution in [0.15, 0.2) is 117 Å². The van der Waals surface area contributed by atoms with Crippen molar-refractivity contribution in [1.29, 1.82) is 0 Å². The second-order valence-electron chi connectivity index (χ2n) is 11.2. The van der Waals surface area contributed by atoms with E-state index < -0.39 is 22.4 Å². The fraction of sp³-hybridized carbons (Fsp3) is 0.0833. The number of aromatic nitrogens is 3. The van der Waals surface area contributed by atoms with E-state index >= 15 is 0 Å². The smallest absolute Gasteiger partial charge is 0.416 e. The third-order valence-electron chi connectivity index (χ3n) is 7.99. The molecule has 0 aliphatic heterocycles. The summed E-state index contributed by atoms with van der Waals surface area (Å²) in [5, 5.41) is 17.3. The molecule has 10 nitrogen and oxygen atoms in total. The van der Waals surface area contributed by atoms with E-state index in [0.717, 1.165) is 34.6 Å². The van der Waals surface area contributed by atoms with Crippen LogP contribution in [0, 0.1) is 24.0 Å². The van der Waals surface area contributed by atoms with Gasteiger partial charge in [-0.3, -0.25) is 14.9 Å². The zero-order chi connectivity index (χ0) is 34.4. The van der Waals surface area contributed by atoms with Gasteiger partial charge in [0.2, 0.25) is 11.6 Å². The molecule has 0 spiro atoms. The summed E-state index contributed by atoms with van der Waals surface area (Å²) in [7, 11) is 0. The van der Waals surface area contributed by atoms with Gasteiger partial charge in [-0.1, -0.05) is 30.3 Å². The van der Waals surface area contributed by atoms with E-state index in [1.54, 1.807) is 54.7 Å². The molecule has 0 bridgehead atoms. The Balaban J connectivity index is 1.21. The maximum absolute atomic E-state index is 13.7. The molecule has 0 radical (unpaired) electrons. The van der Waals surface area contributed by atoms with Gasteiger partial charge in [0.15, 0.2) is 5.76 Å². The standard InChI is InChI=1S/C36H24F3N5O5/c1-21-17-24(20-40-43-34(33-18-23-7-3-6-10-31(23)49-33)41-29-9-5-4-8-28(29)35(43)45)22(2)42(21)26-12-14-27(15-13-26)48-32-16-11-25(36(37,38)39)19-30(32)44(46)47/h3-20H,1-2H3. The molecule has 7 aromatic rings. The average Bonchev–Trinajstić information content (AvgIpc) is 3.64. The van der Waals surface area contributed by atoms with Crippen LogP contribution in [0.1, 0.15) is 22.5 Å². The maximum atomic E-state index is 13.7. The van der Waals surface area contributed by atoms with Gasteiger partial charge in [-0.15, -0.1) is 0 Å². The van der Waals surface area contributed by atoms with Crippen LogP contribution in [0.2, 0.25) is 0 Å². The molecule has 7 rings (SSSR count). The Morgan fingerprint density at radius 3 is 2.41 bits per heavy atom. The Labute approximate surface area is 275 Å². The van der Waals surface area contributed by atoms with Crippen LogP contribution in [0.3, 0.4) is 0 Å². The summed E-state index contributed by atoms with van der Waals surface area (Å²) in [5.74, 6) is 0.500. The number of furan rings is 1. The van der Waals surface area contributed by atoms with Crippen LogP contribution >= 0.6 is 0 Å². The van der Waals surface area contributed by atoms with Crippen molar-refractivity contribution in [2.45, 2.75) is 20.0 Å². The number of ether oxygens (including phenoxy) is 1. The van der Waals surface area contributed by atoms with Crippen molar-refractivity contribution in [2.24, 2.45) is 5.10 Å². The van der Waals surface area contributed by atoms with Gasteiger partial charge >= 0.3 is 11.9 Å². The number of para-hydroxylation sites is 2. The van der Waals surface area contributed by atoms with Gasteiger partial charge in [0.05, 0.1) is 27.6 Å². The molecule has 0 saturated carbocycles. The highest BCUT2D eigenvalue weighted by atomic mass is 19.4. The number of fused-ring (bicyclic) bond motifs is 2. The highest BCUT2D eigenvalue weighted by Crippen LogP contribution is 2.38. The maximum Gasteiger partial charge on any atom is 0.416 e. The Morgan fingerprint density at radius 1 is 0.939 bits per heavy atom. The van der Waals surface area contributed by atoms with Gasteiger partial charge in [-0.25, -0.2) is 4.98 Å². The van der Waals surface area contributed by atoms with E-state index in [-0.39, 0.29) is 22.9 Å². The molecule has 13 heteroatoms. The number of hydrogen-bond acceptors (Lipinski definition) is 7. The largest absolute Gasteiger partial charge is 0.453 e. The lowest BCUT2D eigenvalue weighted by molar-refractivity contribution is -0.385. The van der Waals surface area contributed by atoms with Gasteiger partial charge in [-0.2, -0.15) is 22.9 Å². The van der Waals surface area contributed by atoms with Crippen molar-refractivity contribution in [1.82, 2.24) is 14.2 Å². The minimum absolute atomic E-state index is 0.192. The summed E-state index contributed by atoms with van der Waals surface area (Å²) >= 11 is 0. The summed E-state index contributed by atoms with van der Waals surface area (Å²) in [6.07, 6.45) is -3.16. The molecular weight excluding hydrogens is 639 g/mol. The number of aryl methyl sites for hydroxylation is 1. The highest BCUT2D eigenvalue weighted by Gasteiger charge is 2.33. The summed E-state index contributed by atoms with van der Waals surface area (Å²) in [5.41, 5.74) is 1.91. The SMILES string of the molecule is Cc1cc(C=Nn2c(-c3cc4ccccc4o3)nc3ccccc3c2=O)c(C)n1-c1ccc(Oc2ccc(C(F)(F)F)cc2[N+](=O)[O-])cc1. The van der Waals surface area contributed by atoms with Crippen molar-refractivity contribution in [3.63, 3.8) is 0 Å². The molecule has 244 valence electrons. The van der Waals surface area contributed by atoms with Gasteiger partial charge < -0.3 is 13.7 Å². The van der Waals surface area contributed by atoms with Crippen LogP contribution in [0.5, 0.6) is 11.5 Å². The van der Waals surface area contributed by atoms with Crippen molar-refractivity contribution >= 4 is 33.8 Å². The van der Waals surface area contributed by atoms with Crippen LogP contribution in [-0.2, 0) is 6.18 Å². The molecule has 0 saturated heterocycles. The van der Waals surface area contributed by atoms with E-state index in [1.807, 2.05) is 54.8 Å². The fourth-order valence-corrected chi connectivity index (χ4v) is 5.63. The van der Waals surface area contributed by atoms with Gasteiger partial charge in [0.25, 0.3) is 5.56 Å². The minimum atomic E-state index is -4.74. The normalized spacial score (nSPS) is 11.9. The molecule has 0 N–H and O–H groups in total. The molecule has 4 aromatic carbocycles.